The van der Waals surface area contributed by atoms with Crippen LogP contribution in [0.4, 0.5) is 0 Å². The van der Waals surface area contributed by atoms with Crippen LogP contribution in [-0.4, -0.2) is 30.0 Å². The number of aliphatic hydroxyl groups is 1. The van der Waals surface area contributed by atoms with Gasteiger partial charge in [-0.3, -0.25) is 0 Å². The highest BCUT2D eigenvalue weighted by Crippen LogP contribution is 2.33. The Labute approximate surface area is 184 Å². The van der Waals surface area contributed by atoms with Crippen molar-refractivity contribution in [2.24, 2.45) is 5.92 Å². The molecule has 0 radical (unpaired) electrons. The first kappa shape index (κ1) is 21.7. The van der Waals surface area contributed by atoms with E-state index in [0.717, 1.165) is 16.7 Å². The van der Waals surface area contributed by atoms with Gasteiger partial charge in [0.15, 0.2) is 0 Å². The smallest absolute Gasteiger partial charge is 0.110 e. The molecule has 4 heteroatoms. The molecule has 1 saturated carbocycles. The molecule has 3 aromatic rings. The highest BCUT2D eigenvalue weighted by Gasteiger charge is 2.44. The van der Waals surface area contributed by atoms with Gasteiger partial charge in [-0.1, -0.05) is 91.0 Å². The quantitative estimate of drug-likeness (QED) is 0.516. The number of ether oxygens (including phenoxy) is 3. The highest BCUT2D eigenvalue weighted by molar-refractivity contribution is 5.15. The van der Waals surface area contributed by atoms with E-state index in [9.17, 15) is 5.11 Å². The van der Waals surface area contributed by atoms with Crippen molar-refractivity contribution >= 4 is 0 Å². The van der Waals surface area contributed by atoms with Gasteiger partial charge in [0.05, 0.1) is 38.6 Å². The molecule has 1 aliphatic carbocycles. The van der Waals surface area contributed by atoms with Gasteiger partial charge >= 0.3 is 0 Å². The zero-order valence-corrected chi connectivity index (χ0v) is 17.7. The van der Waals surface area contributed by atoms with Crippen LogP contribution in [0.2, 0.25) is 0 Å². The van der Waals surface area contributed by atoms with Crippen molar-refractivity contribution in [1.29, 1.82) is 0 Å². The Kier molecular flexibility index (Phi) is 7.86. The second-order valence-electron chi connectivity index (χ2n) is 8.09. The van der Waals surface area contributed by atoms with Crippen molar-refractivity contribution in [3.05, 3.63) is 108 Å². The van der Waals surface area contributed by atoms with Gasteiger partial charge in [0.25, 0.3) is 0 Å². The maximum atomic E-state index is 10.8. The van der Waals surface area contributed by atoms with Gasteiger partial charge in [-0.2, -0.15) is 0 Å². The molecule has 0 spiro atoms. The average molecular weight is 419 g/mol. The summed E-state index contributed by atoms with van der Waals surface area (Å²) in [6, 6.07) is 30.3. The van der Waals surface area contributed by atoms with Crippen LogP contribution in [0.3, 0.4) is 0 Å². The molecule has 0 bridgehead atoms. The monoisotopic (exact) mass is 418 g/mol. The van der Waals surface area contributed by atoms with E-state index in [-0.39, 0.29) is 18.1 Å². The fraction of sp³-hybridized carbons (Fsp3) is 0.333. The molecule has 4 nitrogen and oxygen atoms in total. The predicted molar refractivity (Wildman–Crippen MR) is 120 cm³/mol. The second-order valence-corrected chi connectivity index (χ2v) is 8.09. The Morgan fingerprint density at radius 3 is 1.58 bits per heavy atom. The Bertz CT molecular complexity index is 885. The van der Waals surface area contributed by atoms with Crippen LogP contribution in [0.1, 0.15) is 23.1 Å². The maximum absolute atomic E-state index is 10.8. The predicted octanol–water partition coefficient (Wildman–Crippen LogP) is 4.75. The molecule has 4 unspecified atom stereocenters. The third-order valence-electron chi connectivity index (χ3n) is 5.73. The first-order valence-corrected chi connectivity index (χ1v) is 10.9. The lowest BCUT2D eigenvalue weighted by atomic mass is 10.1. The molecule has 162 valence electrons. The summed E-state index contributed by atoms with van der Waals surface area (Å²) in [7, 11) is 0. The number of hydrogen-bond acceptors (Lipinski definition) is 4. The molecule has 3 aromatic carbocycles. The Balaban J connectivity index is 1.39. The van der Waals surface area contributed by atoms with Crippen LogP contribution < -0.4 is 0 Å². The van der Waals surface area contributed by atoms with E-state index in [1.54, 1.807) is 0 Å². The average Bonchev–Trinajstić information content (AvgIpc) is 3.12. The van der Waals surface area contributed by atoms with Gasteiger partial charge in [-0.25, -0.2) is 0 Å². The lowest BCUT2D eigenvalue weighted by molar-refractivity contribution is -0.116. The third kappa shape index (κ3) is 6.25. The van der Waals surface area contributed by atoms with Crippen molar-refractivity contribution in [2.75, 3.05) is 6.61 Å². The van der Waals surface area contributed by atoms with Crippen LogP contribution in [0.25, 0.3) is 0 Å². The molecule has 1 N–H and O–H groups in total. The minimum Gasteiger partial charge on any atom is -0.390 e. The fourth-order valence-electron chi connectivity index (χ4n) is 4.10. The third-order valence-corrected chi connectivity index (χ3v) is 5.73. The van der Waals surface area contributed by atoms with Gasteiger partial charge in [0, 0.05) is 5.92 Å². The zero-order valence-electron chi connectivity index (χ0n) is 17.7. The molecule has 1 fully saturated rings. The molecule has 0 amide bonds. The normalized spacial score (nSPS) is 23.1. The van der Waals surface area contributed by atoms with Crippen LogP contribution in [0.5, 0.6) is 0 Å². The molecule has 0 aromatic heterocycles. The summed E-state index contributed by atoms with van der Waals surface area (Å²) in [4.78, 5) is 0. The molecule has 0 aliphatic heterocycles. The van der Waals surface area contributed by atoms with Crippen LogP contribution in [0.15, 0.2) is 91.0 Å². The van der Waals surface area contributed by atoms with Crippen molar-refractivity contribution in [2.45, 2.75) is 44.6 Å². The first-order chi connectivity index (χ1) is 15.3. The molecule has 0 heterocycles. The number of aliphatic hydroxyl groups excluding tert-OH is 1. The second kappa shape index (κ2) is 11.2. The van der Waals surface area contributed by atoms with Gasteiger partial charge in [0.1, 0.15) is 6.10 Å². The van der Waals surface area contributed by atoms with E-state index in [0.29, 0.717) is 32.8 Å². The maximum Gasteiger partial charge on any atom is 0.110 e. The van der Waals surface area contributed by atoms with E-state index in [1.807, 2.05) is 78.9 Å². The molecule has 31 heavy (non-hydrogen) atoms. The molecule has 0 saturated heterocycles. The van der Waals surface area contributed by atoms with Crippen LogP contribution >= 0.6 is 0 Å². The minimum atomic E-state index is -0.574. The summed E-state index contributed by atoms with van der Waals surface area (Å²) in [5.41, 5.74) is 3.33. The van der Waals surface area contributed by atoms with E-state index < -0.39 is 6.10 Å². The Hall–Kier alpha value is -2.50. The first-order valence-electron chi connectivity index (χ1n) is 10.9. The van der Waals surface area contributed by atoms with Crippen LogP contribution in [-0.2, 0) is 34.0 Å². The molecular weight excluding hydrogens is 388 g/mol. The number of benzene rings is 3. The summed E-state index contributed by atoms with van der Waals surface area (Å²) in [5, 5.41) is 10.8. The van der Waals surface area contributed by atoms with E-state index in [4.69, 9.17) is 14.2 Å². The Morgan fingerprint density at radius 2 is 1.06 bits per heavy atom. The molecular formula is C27H30O4. The van der Waals surface area contributed by atoms with Gasteiger partial charge in [-0.05, 0) is 23.1 Å². The van der Waals surface area contributed by atoms with Crippen molar-refractivity contribution in [3.8, 4) is 0 Å². The standard InChI is InChI=1S/C27H30O4/c28-25-16-24(20-29-17-21-10-4-1-5-11-21)26(30-18-22-12-6-2-7-13-22)27(25)31-19-23-14-8-3-9-15-23/h1-15,24-28H,16-20H2. The van der Waals surface area contributed by atoms with Crippen molar-refractivity contribution in [1.82, 2.24) is 0 Å². The summed E-state index contributed by atoms with van der Waals surface area (Å²) in [6.45, 7) is 2.01. The molecule has 4 rings (SSSR count). The summed E-state index contributed by atoms with van der Waals surface area (Å²) >= 11 is 0. The van der Waals surface area contributed by atoms with E-state index in [1.165, 1.54) is 0 Å². The lowest BCUT2D eigenvalue weighted by Crippen LogP contribution is -2.37. The summed E-state index contributed by atoms with van der Waals surface area (Å²) in [5.74, 6) is 0.0724. The van der Waals surface area contributed by atoms with E-state index in [2.05, 4.69) is 12.1 Å². The number of hydrogen-bond donors (Lipinski definition) is 1. The number of rotatable bonds is 10. The van der Waals surface area contributed by atoms with Gasteiger partial charge in [-0.15, -0.1) is 0 Å². The SMILES string of the molecule is OC1CC(COCc2ccccc2)C(OCc2ccccc2)C1OCc1ccccc1. The molecule has 4 atom stereocenters. The fourth-order valence-corrected chi connectivity index (χ4v) is 4.10. The van der Waals surface area contributed by atoms with E-state index >= 15 is 0 Å². The van der Waals surface area contributed by atoms with Crippen molar-refractivity contribution < 1.29 is 19.3 Å². The van der Waals surface area contributed by atoms with Gasteiger partial charge in [0.2, 0.25) is 0 Å². The highest BCUT2D eigenvalue weighted by atomic mass is 16.6. The lowest BCUT2D eigenvalue weighted by Gasteiger charge is -2.26. The van der Waals surface area contributed by atoms with Crippen molar-refractivity contribution in [3.63, 3.8) is 0 Å². The zero-order chi connectivity index (χ0) is 21.3. The Morgan fingerprint density at radius 1 is 0.613 bits per heavy atom. The van der Waals surface area contributed by atoms with Crippen LogP contribution in [0, 0.1) is 5.92 Å². The largest absolute Gasteiger partial charge is 0.390 e. The van der Waals surface area contributed by atoms with Gasteiger partial charge < -0.3 is 19.3 Å². The minimum absolute atomic E-state index is 0.0724. The summed E-state index contributed by atoms with van der Waals surface area (Å²) in [6.07, 6.45) is -0.577. The molecule has 1 aliphatic rings. The topological polar surface area (TPSA) is 47.9 Å². The summed E-state index contributed by atoms with van der Waals surface area (Å²) < 4.78 is 18.5.